The maximum absolute atomic E-state index is 12.9. The van der Waals surface area contributed by atoms with Gasteiger partial charge in [0, 0.05) is 63.6 Å². The summed E-state index contributed by atoms with van der Waals surface area (Å²) in [5.41, 5.74) is 2.08. The third-order valence-corrected chi connectivity index (χ3v) is 7.36. The first kappa shape index (κ1) is 25.8. The number of nitrogens with one attached hydrogen (secondary N) is 1. The number of piperazine rings is 1. The van der Waals surface area contributed by atoms with Crippen LogP contribution in [0.2, 0.25) is 0 Å². The normalized spacial score (nSPS) is 18.3. The molecule has 2 aliphatic rings. The zero-order valence-electron chi connectivity index (χ0n) is 22.1. The van der Waals surface area contributed by atoms with Gasteiger partial charge >= 0.3 is 6.01 Å². The van der Waals surface area contributed by atoms with Crippen LogP contribution in [0.3, 0.4) is 0 Å². The fourth-order valence-electron chi connectivity index (χ4n) is 5.07. The molecule has 0 radical (unpaired) electrons. The van der Waals surface area contributed by atoms with Crippen LogP contribution in [-0.4, -0.2) is 87.5 Å². The standard InChI is InChI=1S/C28H36N6O4/c1-36-24-9-5-21(6-10-24)26-30-28(38-31-26)34-14-3-4-22(20-34)27(35)29-13-15-32-16-18-33(19-17-32)23-7-11-25(37-2)12-8-23/h5-12,22H,3-4,13-20H2,1-2H3,(H,29,35). The van der Waals surface area contributed by atoms with E-state index in [-0.39, 0.29) is 11.8 Å². The Morgan fingerprint density at radius 3 is 2.32 bits per heavy atom. The third kappa shape index (κ3) is 6.19. The molecule has 1 amide bonds. The molecule has 202 valence electrons. The molecule has 38 heavy (non-hydrogen) atoms. The average Bonchev–Trinajstić information content (AvgIpc) is 3.48. The number of hydrogen-bond acceptors (Lipinski definition) is 9. The number of anilines is 2. The quantitative estimate of drug-likeness (QED) is 0.457. The Balaban J connectivity index is 1.05. The highest BCUT2D eigenvalue weighted by atomic mass is 16.5. The molecule has 2 saturated heterocycles. The summed E-state index contributed by atoms with van der Waals surface area (Å²) < 4.78 is 16.0. The summed E-state index contributed by atoms with van der Waals surface area (Å²) in [5, 5.41) is 7.29. The molecule has 0 spiro atoms. The fourth-order valence-corrected chi connectivity index (χ4v) is 5.07. The van der Waals surface area contributed by atoms with Crippen molar-refractivity contribution in [2.45, 2.75) is 12.8 Å². The van der Waals surface area contributed by atoms with Crippen molar-refractivity contribution in [3.63, 3.8) is 0 Å². The van der Waals surface area contributed by atoms with Crippen LogP contribution in [0.15, 0.2) is 53.1 Å². The van der Waals surface area contributed by atoms with Crippen molar-refractivity contribution in [2.24, 2.45) is 5.92 Å². The van der Waals surface area contributed by atoms with E-state index in [1.807, 2.05) is 41.3 Å². The number of ether oxygens (including phenoxy) is 2. The van der Waals surface area contributed by atoms with E-state index in [1.165, 1.54) is 5.69 Å². The first-order chi connectivity index (χ1) is 18.6. The van der Waals surface area contributed by atoms with Gasteiger partial charge in [-0.1, -0.05) is 5.16 Å². The minimum absolute atomic E-state index is 0.0907. The van der Waals surface area contributed by atoms with Gasteiger partial charge in [-0.15, -0.1) is 0 Å². The van der Waals surface area contributed by atoms with Crippen LogP contribution in [0.25, 0.3) is 11.4 Å². The minimum atomic E-state index is -0.0907. The second-order valence-corrected chi connectivity index (χ2v) is 9.73. The van der Waals surface area contributed by atoms with Crippen molar-refractivity contribution < 1.29 is 18.8 Å². The van der Waals surface area contributed by atoms with Crippen LogP contribution in [-0.2, 0) is 4.79 Å². The van der Waals surface area contributed by atoms with Crippen LogP contribution in [0.5, 0.6) is 11.5 Å². The van der Waals surface area contributed by atoms with Crippen molar-refractivity contribution in [3.8, 4) is 22.9 Å². The van der Waals surface area contributed by atoms with Gasteiger partial charge in [0.05, 0.1) is 20.1 Å². The summed E-state index contributed by atoms with van der Waals surface area (Å²) >= 11 is 0. The Kier molecular flexibility index (Phi) is 8.28. The maximum atomic E-state index is 12.9. The lowest BCUT2D eigenvalue weighted by Crippen LogP contribution is -2.49. The molecular formula is C28H36N6O4. The highest BCUT2D eigenvalue weighted by Gasteiger charge is 2.29. The highest BCUT2D eigenvalue weighted by Crippen LogP contribution is 2.26. The predicted molar refractivity (Wildman–Crippen MR) is 146 cm³/mol. The maximum Gasteiger partial charge on any atom is 0.324 e. The second kappa shape index (κ2) is 12.2. The molecule has 1 unspecified atom stereocenters. The summed E-state index contributed by atoms with van der Waals surface area (Å²) in [6, 6.07) is 16.2. The Hall–Kier alpha value is -3.79. The van der Waals surface area contributed by atoms with Gasteiger partial charge in [0.25, 0.3) is 0 Å². The number of carbonyl (C=O) groups is 1. The number of rotatable bonds is 9. The van der Waals surface area contributed by atoms with Gasteiger partial charge in [-0.05, 0) is 61.4 Å². The Morgan fingerprint density at radius 1 is 0.947 bits per heavy atom. The summed E-state index contributed by atoms with van der Waals surface area (Å²) in [7, 11) is 3.32. The highest BCUT2D eigenvalue weighted by molar-refractivity contribution is 5.79. The number of benzene rings is 2. The molecule has 5 rings (SSSR count). The van der Waals surface area contributed by atoms with Gasteiger partial charge < -0.3 is 29.1 Å². The first-order valence-corrected chi connectivity index (χ1v) is 13.2. The molecule has 1 atom stereocenters. The van der Waals surface area contributed by atoms with Gasteiger partial charge in [0.1, 0.15) is 11.5 Å². The molecule has 3 aromatic rings. The number of piperidine rings is 1. The van der Waals surface area contributed by atoms with Crippen molar-refractivity contribution >= 4 is 17.6 Å². The zero-order valence-corrected chi connectivity index (χ0v) is 22.1. The lowest BCUT2D eigenvalue weighted by molar-refractivity contribution is -0.125. The molecule has 3 heterocycles. The van der Waals surface area contributed by atoms with Crippen LogP contribution >= 0.6 is 0 Å². The predicted octanol–water partition coefficient (Wildman–Crippen LogP) is 2.91. The molecule has 10 nitrogen and oxygen atoms in total. The Labute approximate surface area is 223 Å². The molecule has 2 aliphatic heterocycles. The molecule has 2 aromatic carbocycles. The van der Waals surface area contributed by atoms with E-state index in [4.69, 9.17) is 14.0 Å². The Bertz CT molecular complexity index is 1170. The Morgan fingerprint density at radius 2 is 1.63 bits per heavy atom. The third-order valence-electron chi connectivity index (χ3n) is 7.36. The molecule has 1 N–H and O–H groups in total. The summed E-state index contributed by atoms with van der Waals surface area (Å²) in [5.74, 6) is 2.19. The van der Waals surface area contributed by atoms with Gasteiger partial charge in [-0.25, -0.2) is 0 Å². The smallest absolute Gasteiger partial charge is 0.324 e. The lowest BCUT2D eigenvalue weighted by atomic mass is 9.97. The van der Waals surface area contributed by atoms with Crippen molar-refractivity contribution in [2.75, 3.05) is 76.4 Å². The van der Waals surface area contributed by atoms with Crippen molar-refractivity contribution in [1.29, 1.82) is 0 Å². The van der Waals surface area contributed by atoms with Crippen LogP contribution in [0, 0.1) is 5.92 Å². The van der Waals surface area contributed by atoms with Gasteiger partial charge in [-0.3, -0.25) is 9.69 Å². The van der Waals surface area contributed by atoms with Crippen LogP contribution in [0.1, 0.15) is 12.8 Å². The molecule has 0 aliphatic carbocycles. The SMILES string of the molecule is COc1ccc(-c2noc(N3CCCC(C(=O)NCCN4CCN(c5ccc(OC)cc5)CC4)C3)n2)cc1. The molecule has 0 bridgehead atoms. The van der Waals surface area contributed by atoms with E-state index in [2.05, 4.69) is 37.4 Å². The monoisotopic (exact) mass is 520 g/mol. The van der Waals surface area contributed by atoms with E-state index in [0.29, 0.717) is 24.9 Å². The second-order valence-electron chi connectivity index (χ2n) is 9.73. The molecule has 2 fully saturated rings. The van der Waals surface area contributed by atoms with Crippen molar-refractivity contribution in [1.82, 2.24) is 20.4 Å². The van der Waals surface area contributed by atoms with E-state index in [1.54, 1.807) is 14.2 Å². The summed E-state index contributed by atoms with van der Waals surface area (Å²) in [4.78, 5) is 24.3. The number of carbonyl (C=O) groups excluding carboxylic acids is 1. The summed E-state index contributed by atoms with van der Waals surface area (Å²) in [6.45, 7) is 6.79. The van der Waals surface area contributed by atoms with E-state index in [0.717, 1.165) is 69.2 Å². The van der Waals surface area contributed by atoms with Crippen molar-refractivity contribution in [3.05, 3.63) is 48.5 Å². The van der Waals surface area contributed by atoms with Gasteiger partial charge in [0.2, 0.25) is 11.7 Å². The topological polar surface area (TPSA) is 96.2 Å². The van der Waals surface area contributed by atoms with Crippen LogP contribution in [0.4, 0.5) is 11.7 Å². The number of amides is 1. The molecule has 10 heteroatoms. The first-order valence-electron chi connectivity index (χ1n) is 13.2. The molecule has 1 aromatic heterocycles. The van der Waals surface area contributed by atoms with Crippen LogP contribution < -0.4 is 24.6 Å². The zero-order chi connectivity index (χ0) is 26.3. The minimum Gasteiger partial charge on any atom is -0.497 e. The molecule has 0 saturated carbocycles. The van der Waals surface area contributed by atoms with Gasteiger partial charge in [-0.2, -0.15) is 4.98 Å². The van der Waals surface area contributed by atoms with E-state index >= 15 is 0 Å². The number of nitrogens with zero attached hydrogens (tertiary/aromatic N) is 5. The number of hydrogen-bond donors (Lipinski definition) is 1. The lowest BCUT2D eigenvalue weighted by Gasteiger charge is -2.36. The average molecular weight is 521 g/mol. The fraction of sp³-hybridized carbons (Fsp3) is 0.464. The molecular weight excluding hydrogens is 484 g/mol. The largest absolute Gasteiger partial charge is 0.497 e. The number of aromatic nitrogens is 2. The number of methoxy groups -OCH3 is 2. The van der Waals surface area contributed by atoms with Gasteiger partial charge in [0.15, 0.2) is 0 Å². The summed E-state index contributed by atoms with van der Waals surface area (Å²) in [6.07, 6.45) is 1.77. The van der Waals surface area contributed by atoms with E-state index < -0.39 is 0 Å². The van der Waals surface area contributed by atoms with E-state index in [9.17, 15) is 4.79 Å².